The fraction of sp³-hybridized carbons (Fsp3) is 0.182. The predicted molar refractivity (Wildman–Crippen MR) is 123 cm³/mol. The van der Waals surface area contributed by atoms with E-state index in [-0.39, 0.29) is 17.6 Å². The van der Waals surface area contributed by atoms with Gasteiger partial charge in [-0.2, -0.15) is 0 Å². The van der Waals surface area contributed by atoms with Crippen LogP contribution in [0.2, 0.25) is 0 Å². The summed E-state index contributed by atoms with van der Waals surface area (Å²) in [6.45, 7) is 3.65. The molecule has 0 aliphatic heterocycles. The maximum absolute atomic E-state index is 12.8. The molecule has 2 amide bonds. The summed E-state index contributed by atoms with van der Waals surface area (Å²) in [5, 5.41) is 5.86. The summed E-state index contributed by atoms with van der Waals surface area (Å²) in [6, 6.07) is 14.6. The van der Waals surface area contributed by atoms with Crippen molar-refractivity contribution in [3.8, 4) is 0 Å². The highest BCUT2D eigenvalue weighted by Gasteiger charge is 2.19. The number of amides is 2. The number of rotatable bonds is 7. The summed E-state index contributed by atoms with van der Waals surface area (Å²) < 4.78 is 4.72. The molecule has 0 spiro atoms. The van der Waals surface area contributed by atoms with Crippen molar-refractivity contribution in [2.24, 2.45) is 0 Å². The Morgan fingerprint density at radius 2 is 1.74 bits per heavy atom. The second-order valence-electron chi connectivity index (χ2n) is 6.58. The molecular formula is C22H21N3O4S2. The molecule has 0 unspecified atom stereocenters. The first-order chi connectivity index (χ1) is 14.9. The Kier molecular flexibility index (Phi) is 7.43. The van der Waals surface area contributed by atoms with Gasteiger partial charge in [0.05, 0.1) is 24.1 Å². The molecule has 160 valence electrons. The molecule has 2 N–H and O–H groups in total. The molecular weight excluding hydrogens is 434 g/mol. The molecule has 0 atom stereocenters. The van der Waals surface area contributed by atoms with Crippen molar-refractivity contribution in [1.82, 2.24) is 4.98 Å². The summed E-state index contributed by atoms with van der Waals surface area (Å²) in [7, 11) is 1.29. The minimum Gasteiger partial charge on any atom is -0.465 e. The van der Waals surface area contributed by atoms with E-state index in [1.807, 2.05) is 31.2 Å². The Hall–Kier alpha value is -3.17. The standard InChI is InChI=1S/C22H21N3O4S2/c1-13-8-10-15(11-9-13)24-18(26)12-30-17-7-5-4-6-16(17)20(27)25-22-23-14(2)19(31-22)21(28)29-3/h4-11H,12H2,1-3H3,(H,24,26)(H,23,25,27). The molecule has 3 rings (SSSR count). The van der Waals surface area contributed by atoms with Gasteiger partial charge in [0.15, 0.2) is 5.13 Å². The van der Waals surface area contributed by atoms with Gasteiger partial charge >= 0.3 is 5.97 Å². The lowest BCUT2D eigenvalue weighted by atomic mass is 10.2. The predicted octanol–water partition coefficient (Wildman–Crippen LogP) is 4.53. The van der Waals surface area contributed by atoms with E-state index in [0.29, 0.717) is 26.2 Å². The Balaban J connectivity index is 1.65. The monoisotopic (exact) mass is 455 g/mol. The van der Waals surface area contributed by atoms with Crippen molar-refractivity contribution in [2.45, 2.75) is 18.7 Å². The third-order valence-electron chi connectivity index (χ3n) is 4.21. The smallest absolute Gasteiger partial charge is 0.350 e. The topological polar surface area (TPSA) is 97.4 Å². The Bertz CT molecular complexity index is 1110. The molecule has 0 saturated heterocycles. The zero-order chi connectivity index (χ0) is 22.4. The number of thioether (sulfide) groups is 1. The van der Waals surface area contributed by atoms with Crippen LogP contribution in [0.15, 0.2) is 53.4 Å². The average molecular weight is 456 g/mol. The summed E-state index contributed by atoms with van der Waals surface area (Å²) in [6.07, 6.45) is 0. The lowest BCUT2D eigenvalue weighted by Crippen LogP contribution is -2.15. The molecule has 0 radical (unpaired) electrons. The number of nitrogens with zero attached hydrogens (tertiary/aromatic N) is 1. The second kappa shape index (κ2) is 10.2. The maximum Gasteiger partial charge on any atom is 0.350 e. The summed E-state index contributed by atoms with van der Waals surface area (Å²) >= 11 is 2.32. The first-order valence-corrected chi connectivity index (χ1v) is 11.1. The van der Waals surface area contributed by atoms with Crippen LogP contribution in [0, 0.1) is 13.8 Å². The van der Waals surface area contributed by atoms with E-state index in [9.17, 15) is 14.4 Å². The zero-order valence-electron chi connectivity index (χ0n) is 17.2. The zero-order valence-corrected chi connectivity index (χ0v) is 18.9. The number of carbonyl (C=O) groups is 3. The number of benzene rings is 2. The van der Waals surface area contributed by atoms with E-state index >= 15 is 0 Å². The number of hydrogen-bond donors (Lipinski definition) is 2. The number of hydrogen-bond acceptors (Lipinski definition) is 7. The number of aryl methyl sites for hydroxylation is 2. The van der Waals surface area contributed by atoms with Gasteiger partial charge in [-0.15, -0.1) is 11.8 Å². The number of aromatic nitrogens is 1. The first kappa shape index (κ1) is 22.5. The van der Waals surface area contributed by atoms with Crippen molar-refractivity contribution in [3.63, 3.8) is 0 Å². The van der Waals surface area contributed by atoms with Crippen LogP contribution in [0.25, 0.3) is 0 Å². The molecule has 0 aliphatic rings. The van der Waals surface area contributed by atoms with E-state index in [4.69, 9.17) is 4.74 Å². The third kappa shape index (κ3) is 5.93. The average Bonchev–Trinajstić information content (AvgIpc) is 3.13. The van der Waals surface area contributed by atoms with Crippen LogP contribution in [0.3, 0.4) is 0 Å². The normalized spacial score (nSPS) is 10.4. The first-order valence-electron chi connectivity index (χ1n) is 9.33. The molecule has 3 aromatic rings. The quantitative estimate of drug-likeness (QED) is 0.401. The minimum absolute atomic E-state index is 0.154. The Morgan fingerprint density at radius 3 is 2.45 bits per heavy atom. The van der Waals surface area contributed by atoms with Crippen LogP contribution >= 0.6 is 23.1 Å². The van der Waals surface area contributed by atoms with Gasteiger partial charge in [0, 0.05) is 10.6 Å². The lowest BCUT2D eigenvalue weighted by molar-refractivity contribution is -0.113. The van der Waals surface area contributed by atoms with Crippen molar-refractivity contribution in [1.29, 1.82) is 0 Å². The number of ether oxygens (including phenoxy) is 1. The molecule has 7 nitrogen and oxygen atoms in total. The van der Waals surface area contributed by atoms with E-state index in [0.717, 1.165) is 22.6 Å². The van der Waals surface area contributed by atoms with Crippen molar-refractivity contribution in [3.05, 3.63) is 70.2 Å². The number of methoxy groups -OCH3 is 1. The summed E-state index contributed by atoms with van der Waals surface area (Å²) in [5.41, 5.74) is 2.75. The van der Waals surface area contributed by atoms with Crippen molar-refractivity contribution in [2.75, 3.05) is 23.5 Å². The molecule has 1 heterocycles. The largest absolute Gasteiger partial charge is 0.465 e. The third-order valence-corrected chi connectivity index (χ3v) is 6.34. The number of anilines is 2. The van der Waals surface area contributed by atoms with Crippen LogP contribution in [-0.4, -0.2) is 35.6 Å². The Labute approximate surface area is 188 Å². The van der Waals surface area contributed by atoms with Gasteiger partial charge in [0.2, 0.25) is 5.91 Å². The molecule has 0 fully saturated rings. The van der Waals surface area contributed by atoms with Crippen molar-refractivity contribution >= 4 is 51.7 Å². The SMILES string of the molecule is COC(=O)c1sc(NC(=O)c2ccccc2SCC(=O)Nc2ccc(C)cc2)nc1C. The van der Waals surface area contributed by atoms with Crippen LogP contribution < -0.4 is 10.6 Å². The van der Waals surface area contributed by atoms with Gasteiger partial charge in [0.25, 0.3) is 5.91 Å². The molecule has 0 aliphatic carbocycles. The number of nitrogens with one attached hydrogen (secondary N) is 2. The van der Waals surface area contributed by atoms with Crippen molar-refractivity contribution < 1.29 is 19.1 Å². The van der Waals surface area contributed by atoms with Gasteiger partial charge in [-0.3, -0.25) is 14.9 Å². The van der Waals surface area contributed by atoms with Gasteiger partial charge in [-0.1, -0.05) is 41.2 Å². The van der Waals surface area contributed by atoms with Gasteiger partial charge in [-0.05, 0) is 38.1 Å². The fourth-order valence-electron chi connectivity index (χ4n) is 2.65. The van der Waals surface area contributed by atoms with E-state index < -0.39 is 5.97 Å². The molecule has 2 aromatic carbocycles. The van der Waals surface area contributed by atoms with Gasteiger partial charge in [-0.25, -0.2) is 9.78 Å². The summed E-state index contributed by atoms with van der Waals surface area (Å²) in [5.74, 6) is -0.873. The fourth-order valence-corrected chi connectivity index (χ4v) is 4.38. The minimum atomic E-state index is -0.494. The highest BCUT2D eigenvalue weighted by Crippen LogP contribution is 2.27. The molecule has 31 heavy (non-hydrogen) atoms. The second-order valence-corrected chi connectivity index (χ2v) is 8.59. The van der Waals surface area contributed by atoms with Gasteiger partial charge in [0.1, 0.15) is 4.88 Å². The highest BCUT2D eigenvalue weighted by atomic mass is 32.2. The number of carbonyl (C=O) groups excluding carboxylic acids is 3. The lowest BCUT2D eigenvalue weighted by Gasteiger charge is -2.09. The molecule has 1 aromatic heterocycles. The maximum atomic E-state index is 12.8. The van der Waals surface area contributed by atoms with E-state index in [1.54, 1.807) is 31.2 Å². The van der Waals surface area contributed by atoms with Gasteiger partial charge < -0.3 is 10.1 Å². The van der Waals surface area contributed by atoms with Crippen LogP contribution in [0.1, 0.15) is 31.3 Å². The molecule has 0 bridgehead atoms. The van der Waals surface area contributed by atoms with Crippen LogP contribution in [0.5, 0.6) is 0 Å². The van der Waals surface area contributed by atoms with E-state index in [1.165, 1.54) is 18.9 Å². The van der Waals surface area contributed by atoms with Crippen LogP contribution in [0.4, 0.5) is 10.8 Å². The highest BCUT2D eigenvalue weighted by molar-refractivity contribution is 8.00. The number of thiazole rings is 1. The summed E-state index contributed by atoms with van der Waals surface area (Å²) in [4.78, 5) is 42.1. The van der Waals surface area contributed by atoms with Crippen LogP contribution in [-0.2, 0) is 9.53 Å². The molecule has 9 heteroatoms. The molecule has 0 saturated carbocycles. The number of esters is 1. The van der Waals surface area contributed by atoms with E-state index in [2.05, 4.69) is 15.6 Å². The Morgan fingerprint density at radius 1 is 1.03 bits per heavy atom.